The maximum atomic E-state index is 7.55. The van der Waals surface area contributed by atoms with E-state index < -0.39 is 5.41 Å². The Morgan fingerprint density at radius 3 is 1.39 bits per heavy atom. The van der Waals surface area contributed by atoms with Gasteiger partial charge in [0.05, 0.1) is 17.7 Å². The number of rotatable bonds is 4. The fourth-order valence-electron chi connectivity index (χ4n) is 8.64. The Labute approximate surface area is 297 Å². The summed E-state index contributed by atoms with van der Waals surface area (Å²) in [5.74, 6) is 0. The van der Waals surface area contributed by atoms with Gasteiger partial charge in [-0.25, -0.2) is 4.85 Å². The third-order valence-corrected chi connectivity index (χ3v) is 10.8. The molecule has 1 aromatic heterocycles. The van der Waals surface area contributed by atoms with Crippen molar-refractivity contribution >= 4 is 5.69 Å². The zero-order chi connectivity index (χ0) is 33.9. The topological polar surface area (TPSA) is 17.2 Å². The third-order valence-electron chi connectivity index (χ3n) is 10.8. The smallest absolute Gasteiger partial charge is 0.187 e. The van der Waals surface area contributed by atoms with Crippen LogP contribution in [0.4, 0.5) is 5.69 Å². The predicted molar refractivity (Wildman–Crippen MR) is 209 cm³/mol. The lowest BCUT2D eigenvalue weighted by atomic mass is 9.67. The van der Waals surface area contributed by atoms with Crippen LogP contribution < -0.4 is 0 Å². The minimum Gasteiger partial charge on any atom is -0.256 e. The molecule has 0 saturated heterocycles. The molecular formula is C49H30N2. The van der Waals surface area contributed by atoms with Gasteiger partial charge in [-0.05, 0) is 78.4 Å². The van der Waals surface area contributed by atoms with Gasteiger partial charge >= 0.3 is 0 Å². The number of aromatic nitrogens is 1. The maximum Gasteiger partial charge on any atom is 0.187 e. The second-order valence-corrected chi connectivity index (χ2v) is 13.3. The van der Waals surface area contributed by atoms with Crippen LogP contribution in [0.15, 0.2) is 182 Å². The Morgan fingerprint density at radius 2 is 0.843 bits per heavy atom. The first-order valence-electron chi connectivity index (χ1n) is 17.3. The van der Waals surface area contributed by atoms with E-state index in [1.165, 1.54) is 61.2 Å². The van der Waals surface area contributed by atoms with Gasteiger partial charge in [-0.15, -0.1) is 0 Å². The molecule has 2 aliphatic rings. The van der Waals surface area contributed by atoms with E-state index in [0.717, 1.165) is 27.9 Å². The van der Waals surface area contributed by atoms with Crippen molar-refractivity contribution in [3.63, 3.8) is 0 Å². The van der Waals surface area contributed by atoms with Gasteiger partial charge in [0.15, 0.2) is 5.69 Å². The lowest BCUT2D eigenvalue weighted by Crippen LogP contribution is -2.27. The van der Waals surface area contributed by atoms with E-state index >= 15 is 0 Å². The highest BCUT2D eigenvalue weighted by Crippen LogP contribution is 2.66. The second kappa shape index (κ2) is 11.4. The molecule has 0 N–H and O–H groups in total. The number of pyridine rings is 1. The quantitative estimate of drug-likeness (QED) is 0.174. The van der Waals surface area contributed by atoms with Crippen LogP contribution in [0.1, 0.15) is 22.3 Å². The van der Waals surface area contributed by atoms with Crippen molar-refractivity contribution < 1.29 is 0 Å². The van der Waals surface area contributed by atoms with Crippen LogP contribution >= 0.6 is 0 Å². The van der Waals surface area contributed by atoms with Gasteiger partial charge in [-0.2, -0.15) is 0 Å². The molecule has 0 unspecified atom stereocenters. The van der Waals surface area contributed by atoms with E-state index in [4.69, 9.17) is 11.6 Å². The highest BCUT2D eigenvalue weighted by atomic mass is 14.7. The first kappa shape index (κ1) is 29.1. The zero-order valence-electron chi connectivity index (χ0n) is 27.7. The Hall–Kier alpha value is -6.82. The first-order valence-corrected chi connectivity index (χ1v) is 17.3. The molecule has 2 heteroatoms. The number of hydrogen-bond acceptors (Lipinski definition) is 1. The lowest BCUT2D eigenvalue weighted by Gasteiger charge is -2.33. The van der Waals surface area contributed by atoms with Crippen LogP contribution in [-0.4, -0.2) is 4.98 Å². The average molecular weight is 647 g/mol. The van der Waals surface area contributed by atoms with Gasteiger partial charge in [0.1, 0.15) is 0 Å². The predicted octanol–water partition coefficient (Wildman–Crippen LogP) is 12.6. The van der Waals surface area contributed by atoms with E-state index in [2.05, 4.69) is 150 Å². The average Bonchev–Trinajstić information content (AvgIpc) is 3.69. The molecule has 7 aromatic carbocycles. The van der Waals surface area contributed by atoms with Crippen LogP contribution in [0.25, 0.3) is 71.7 Å². The van der Waals surface area contributed by atoms with Crippen LogP contribution in [-0.2, 0) is 5.41 Å². The summed E-state index contributed by atoms with van der Waals surface area (Å²) in [6.07, 6.45) is 1.97. The monoisotopic (exact) mass is 646 g/mol. The van der Waals surface area contributed by atoms with Crippen molar-refractivity contribution in [2.45, 2.75) is 5.41 Å². The molecule has 51 heavy (non-hydrogen) atoms. The fraction of sp³-hybridized carbons (Fsp3) is 0.0204. The molecule has 8 aromatic rings. The molecule has 2 nitrogen and oxygen atoms in total. The molecule has 0 aliphatic heterocycles. The summed E-state index contributed by atoms with van der Waals surface area (Å²) >= 11 is 0. The Bertz CT molecular complexity index is 2620. The summed E-state index contributed by atoms with van der Waals surface area (Å²) in [7, 11) is 0. The molecule has 1 heterocycles. The second-order valence-electron chi connectivity index (χ2n) is 13.3. The summed E-state index contributed by atoms with van der Waals surface area (Å²) in [6.45, 7) is 7.55. The molecule has 10 rings (SSSR count). The minimum absolute atomic E-state index is 0.528. The molecule has 2 aliphatic carbocycles. The van der Waals surface area contributed by atoms with Crippen molar-refractivity contribution in [2.24, 2.45) is 0 Å². The van der Waals surface area contributed by atoms with Gasteiger partial charge in [0.25, 0.3) is 0 Å². The summed E-state index contributed by atoms with van der Waals surface area (Å²) in [6, 6.07) is 63.1. The molecule has 1 spiro atoms. The summed E-state index contributed by atoms with van der Waals surface area (Å²) in [5, 5.41) is 0. The molecule has 0 atom stereocenters. The Morgan fingerprint density at radius 1 is 0.373 bits per heavy atom. The standard InChI is InChI=1S/C49H30N2/c1-50-37-28-25-34(26-29-37)39-16-10-18-43-42-17-9-15-38(33-23-21-32(22-24-33)36-27-30-46(51-31-36)35-11-3-2-4-12-35)47(42)49(48(39)43)44-19-7-5-13-40(44)41-14-6-8-20-45(41)49/h2-31H. The Kier molecular flexibility index (Phi) is 6.50. The van der Waals surface area contributed by atoms with Crippen molar-refractivity contribution in [1.29, 1.82) is 0 Å². The van der Waals surface area contributed by atoms with Crippen LogP contribution in [0.5, 0.6) is 0 Å². The summed E-state index contributed by atoms with van der Waals surface area (Å²) < 4.78 is 0. The molecular weight excluding hydrogens is 617 g/mol. The molecule has 236 valence electrons. The molecule has 0 amide bonds. The van der Waals surface area contributed by atoms with Gasteiger partial charge in [-0.1, -0.05) is 170 Å². The van der Waals surface area contributed by atoms with Crippen molar-refractivity contribution in [3.8, 4) is 66.9 Å². The van der Waals surface area contributed by atoms with Gasteiger partial charge in [0.2, 0.25) is 0 Å². The van der Waals surface area contributed by atoms with E-state index in [9.17, 15) is 0 Å². The molecule has 0 bridgehead atoms. The van der Waals surface area contributed by atoms with E-state index in [0.29, 0.717) is 5.69 Å². The lowest BCUT2D eigenvalue weighted by molar-refractivity contribution is 0.797. The minimum atomic E-state index is -0.528. The summed E-state index contributed by atoms with van der Waals surface area (Å²) in [5.41, 5.74) is 19.5. The van der Waals surface area contributed by atoms with E-state index in [1.807, 2.05) is 36.5 Å². The largest absolute Gasteiger partial charge is 0.256 e. The van der Waals surface area contributed by atoms with Crippen LogP contribution in [0, 0.1) is 6.57 Å². The zero-order valence-corrected chi connectivity index (χ0v) is 27.7. The normalized spacial score (nSPS) is 12.8. The third kappa shape index (κ3) is 4.26. The van der Waals surface area contributed by atoms with Gasteiger partial charge in [-0.3, -0.25) is 4.98 Å². The molecule has 0 saturated carbocycles. The summed E-state index contributed by atoms with van der Waals surface area (Å²) in [4.78, 5) is 8.47. The van der Waals surface area contributed by atoms with E-state index in [1.54, 1.807) is 0 Å². The molecule has 0 fully saturated rings. The molecule has 0 radical (unpaired) electrons. The van der Waals surface area contributed by atoms with Gasteiger partial charge in [0, 0.05) is 17.3 Å². The van der Waals surface area contributed by atoms with E-state index in [-0.39, 0.29) is 0 Å². The van der Waals surface area contributed by atoms with Crippen molar-refractivity contribution in [2.75, 3.05) is 0 Å². The van der Waals surface area contributed by atoms with Gasteiger partial charge < -0.3 is 0 Å². The number of nitrogens with zero attached hydrogens (tertiary/aromatic N) is 2. The highest BCUT2D eigenvalue weighted by Gasteiger charge is 2.53. The Balaban J connectivity index is 1.18. The van der Waals surface area contributed by atoms with Crippen LogP contribution in [0.3, 0.4) is 0 Å². The highest BCUT2D eigenvalue weighted by molar-refractivity contribution is 6.01. The van der Waals surface area contributed by atoms with Crippen molar-refractivity contribution in [1.82, 2.24) is 4.98 Å². The maximum absolute atomic E-state index is 7.55. The number of benzene rings is 7. The first-order chi connectivity index (χ1) is 25.3. The number of fused-ring (bicyclic) bond motifs is 10. The SMILES string of the molecule is [C-]#[N+]c1ccc(-c2cccc3c2C2(c4ccccc4-c4ccccc42)c2c(-c4ccc(-c5ccc(-c6ccccc6)nc5)cc4)cccc2-3)cc1. The van der Waals surface area contributed by atoms with Crippen LogP contribution in [0.2, 0.25) is 0 Å². The van der Waals surface area contributed by atoms with Crippen molar-refractivity contribution in [3.05, 3.63) is 216 Å². The fourth-order valence-corrected chi connectivity index (χ4v) is 8.64. The number of hydrogen-bond donors (Lipinski definition) is 0.